The molecule has 0 radical (unpaired) electrons. The summed E-state index contributed by atoms with van der Waals surface area (Å²) in [6.07, 6.45) is 9.58. The molecular formula is C20H29N7. The molecule has 2 aliphatic heterocycles. The molecule has 0 amide bonds. The number of H-pyrrole nitrogens is 1. The molecule has 144 valence electrons. The Balaban J connectivity index is 1.33. The van der Waals surface area contributed by atoms with Crippen molar-refractivity contribution in [1.29, 1.82) is 0 Å². The van der Waals surface area contributed by atoms with Crippen molar-refractivity contribution in [2.45, 2.75) is 50.5 Å². The molecule has 4 fully saturated rings. The molecule has 0 atom stereocenters. The maximum Gasteiger partial charge on any atom is 0.227 e. The standard InChI is InChI=1S/C20H29N7/c1-21-12-20-10-15(11-20)27(13-20)19-22-8-7-17(23-19)26(2)18-9-16(24-25-18)14-5-3-4-6-14/h7-9,14-15,21H,3-6,10-13H2,1-2H3,(H,24,25). The fraction of sp³-hybridized carbons (Fsp3) is 0.650. The van der Waals surface area contributed by atoms with Gasteiger partial charge < -0.3 is 15.1 Å². The summed E-state index contributed by atoms with van der Waals surface area (Å²) < 4.78 is 0. The molecule has 2 saturated carbocycles. The summed E-state index contributed by atoms with van der Waals surface area (Å²) in [5.74, 6) is 3.32. The number of hydrogen-bond donors (Lipinski definition) is 2. The van der Waals surface area contributed by atoms with Gasteiger partial charge in [0.15, 0.2) is 5.82 Å². The quantitative estimate of drug-likeness (QED) is 0.818. The lowest BCUT2D eigenvalue weighted by molar-refractivity contribution is 0.196. The Morgan fingerprint density at radius 1 is 1.30 bits per heavy atom. The molecule has 2 bridgehead atoms. The summed E-state index contributed by atoms with van der Waals surface area (Å²) in [5.41, 5.74) is 1.68. The van der Waals surface area contributed by atoms with Gasteiger partial charge in [0, 0.05) is 55.5 Å². The second-order valence-electron chi connectivity index (χ2n) is 8.66. The minimum Gasteiger partial charge on any atom is -0.337 e. The molecule has 0 aromatic carbocycles. The van der Waals surface area contributed by atoms with Crippen molar-refractivity contribution in [2.75, 3.05) is 37.0 Å². The van der Waals surface area contributed by atoms with Gasteiger partial charge in [0.05, 0.1) is 0 Å². The van der Waals surface area contributed by atoms with Crippen LogP contribution in [0.3, 0.4) is 0 Å². The maximum absolute atomic E-state index is 4.87. The highest BCUT2D eigenvalue weighted by Crippen LogP contribution is 2.52. The topological polar surface area (TPSA) is 73.0 Å². The van der Waals surface area contributed by atoms with Crippen molar-refractivity contribution in [3.63, 3.8) is 0 Å². The van der Waals surface area contributed by atoms with Gasteiger partial charge in [0.2, 0.25) is 5.95 Å². The number of aromatic amines is 1. The van der Waals surface area contributed by atoms with Crippen molar-refractivity contribution in [2.24, 2.45) is 5.41 Å². The van der Waals surface area contributed by atoms with Gasteiger partial charge in [-0.25, -0.2) is 4.98 Å². The van der Waals surface area contributed by atoms with Gasteiger partial charge in [-0.1, -0.05) is 12.8 Å². The van der Waals surface area contributed by atoms with E-state index in [1.165, 1.54) is 44.2 Å². The third-order valence-electron chi connectivity index (χ3n) is 6.79. The minimum absolute atomic E-state index is 0.420. The van der Waals surface area contributed by atoms with Crippen LogP contribution in [0.25, 0.3) is 0 Å². The zero-order chi connectivity index (χ0) is 18.4. The van der Waals surface area contributed by atoms with E-state index in [0.717, 1.165) is 30.7 Å². The van der Waals surface area contributed by atoms with Crippen molar-refractivity contribution < 1.29 is 0 Å². The lowest BCUT2D eigenvalue weighted by Crippen LogP contribution is -2.41. The van der Waals surface area contributed by atoms with E-state index in [1.807, 2.05) is 26.4 Å². The van der Waals surface area contributed by atoms with Crippen LogP contribution < -0.4 is 15.1 Å². The van der Waals surface area contributed by atoms with Gasteiger partial charge in [-0.2, -0.15) is 10.1 Å². The molecule has 27 heavy (non-hydrogen) atoms. The number of hydrogen-bond acceptors (Lipinski definition) is 6. The molecule has 7 heteroatoms. The van der Waals surface area contributed by atoms with Crippen molar-refractivity contribution >= 4 is 17.6 Å². The zero-order valence-electron chi connectivity index (χ0n) is 16.3. The Bertz CT molecular complexity index is 804. The molecule has 0 unspecified atom stereocenters. The summed E-state index contributed by atoms with van der Waals surface area (Å²) >= 11 is 0. The van der Waals surface area contributed by atoms with Gasteiger partial charge in [0.25, 0.3) is 0 Å². The molecular weight excluding hydrogens is 338 g/mol. The van der Waals surface area contributed by atoms with Crippen LogP contribution in [-0.2, 0) is 0 Å². The van der Waals surface area contributed by atoms with Gasteiger partial charge in [-0.15, -0.1) is 0 Å². The molecule has 4 aliphatic rings. The highest BCUT2D eigenvalue weighted by Gasteiger charge is 2.55. The Labute approximate surface area is 160 Å². The summed E-state index contributed by atoms with van der Waals surface area (Å²) in [5, 5.41) is 11.1. The normalized spacial score (nSPS) is 27.2. The number of nitrogens with one attached hydrogen (secondary N) is 2. The molecule has 6 rings (SSSR count). The molecule has 2 aliphatic carbocycles. The van der Waals surface area contributed by atoms with Gasteiger partial charge in [0.1, 0.15) is 5.82 Å². The van der Waals surface area contributed by atoms with Crippen LogP contribution in [0.15, 0.2) is 18.3 Å². The lowest BCUT2D eigenvalue weighted by atomic mass is 9.70. The van der Waals surface area contributed by atoms with Crippen LogP contribution in [0.1, 0.15) is 50.1 Å². The first-order chi connectivity index (χ1) is 13.2. The summed E-state index contributed by atoms with van der Waals surface area (Å²) in [4.78, 5) is 13.9. The average Bonchev–Trinajstić information content (AvgIpc) is 3.42. The average molecular weight is 368 g/mol. The number of aromatic nitrogens is 4. The SMILES string of the molecule is CNCC12CC(C1)N(c1nccc(N(C)c3cc(C4CCCC4)[nH]n3)n1)C2. The maximum atomic E-state index is 4.87. The number of rotatable bonds is 6. The second kappa shape index (κ2) is 6.48. The first-order valence-electron chi connectivity index (χ1n) is 10.2. The highest BCUT2D eigenvalue weighted by molar-refractivity contribution is 5.57. The molecule has 2 aromatic rings. The molecule has 2 N–H and O–H groups in total. The fourth-order valence-electron chi connectivity index (χ4n) is 5.31. The second-order valence-corrected chi connectivity index (χ2v) is 8.66. The van der Waals surface area contributed by atoms with Crippen LogP contribution in [-0.4, -0.2) is 53.4 Å². The molecule has 2 aromatic heterocycles. The van der Waals surface area contributed by atoms with E-state index in [2.05, 4.69) is 36.4 Å². The largest absolute Gasteiger partial charge is 0.337 e. The van der Waals surface area contributed by atoms with Crippen LogP contribution in [0, 0.1) is 5.41 Å². The fourth-order valence-corrected chi connectivity index (χ4v) is 5.31. The molecule has 7 nitrogen and oxygen atoms in total. The Hall–Kier alpha value is -2.15. The van der Waals surface area contributed by atoms with Crippen LogP contribution in [0.4, 0.5) is 17.6 Å². The van der Waals surface area contributed by atoms with E-state index in [-0.39, 0.29) is 0 Å². The van der Waals surface area contributed by atoms with Crippen molar-refractivity contribution in [3.8, 4) is 0 Å². The van der Waals surface area contributed by atoms with Crippen molar-refractivity contribution in [1.82, 2.24) is 25.5 Å². The third-order valence-corrected chi connectivity index (χ3v) is 6.79. The molecule has 2 saturated heterocycles. The number of fused-ring (bicyclic) bond motifs is 1. The summed E-state index contributed by atoms with van der Waals surface area (Å²) in [6, 6.07) is 4.75. The Morgan fingerprint density at radius 3 is 2.89 bits per heavy atom. The van der Waals surface area contributed by atoms with Gasteiger partial charge in [-0.3, -0.25) is 5.10 Å². The zero-order valence-corrected chi connectivity index (χ0v) is 16.3. The van der Waals surface area contributed by atoms with Crippen molar-refractivity contribution in [3.05, 3.63) is 24.0 Å². The third kappa shape index (κ3) is 2.88. The molecule has 4 heterocycles. The van der Waals surface area contributed by atoms with E-state index in [0.29, 0.717) is 17.4 Å². The van der Waals surface area contributed by atoms with Gasteiger partial charge in [-0.05, 0) is 38.8 Å². The van der Waals surface area contributed by atoms with E-state index >= 15 is 0 Å². The molecule has 0 spiro atoms. The monoisotopic (exact) mass is 367 g/mol. The van der Waals surface area contributed by atoms with Crippen LogP contribution in [0.5, 0.6) is 0 Å². The van der Waals surface area contributed by atoms with E-state index < -0.39 is 0 Å². The highest BCUT2D eigenvalue weighted by atomic mass is 15.4. The summed E-state index contributed by atoms with van der Waals surface area (Å²) in [6.45, 7) is 2.14. The first kappa shape index (κ1) is 17.0. The van der Waals surface area contributed by atoms with Crippen LogP contribution >= 0.6 is 0 Å². The van der Waals surface area contributed by atoms with E-state index in [4.69, 9.17) is 4.98 Å². The minimum atomic E-state index is 0.420. The number of anilines is 3. The van der Waals surface area contributed by atoms with Gasteiger partial charge >= 0.3 is 0 Å². The predicted octanol–water partition coefficient (Wildman–Crippen LogP) is 2.81. The lowest BCUT2D eigenvalue weighted by Gasteiger charge is -2.36. The van der Waals surface area contributed by atoms with E-state index in [9.17, 15) is 0 Å². The van der Waals surface area contributed by atoms with Crippen LogP contribution in [0.2, 0.25) is 0 Å². The Morgan fingerprint density at radius 2 is 2.11 bits per heavy atom. The smallest absolute Gasteiger partial charge is 0.227 e. The summed E-state index contributed by atoms with van der Waals surface area (Å²) in [7, 11) is 4.08. The predicted molar refractivity (Wildman–Crippen MR) is 107 cm³/mol. The number of nitrogens with zero attached hydrogens (tertiary/aromatic N) is 5. The Kier molecular flexibility index (Phi) is 4.07. The van der Waals surface area contributed by atoms with E-state index in [1.54, 1.807) is 0 Å². The first-order valence-corrected chi connectivity index (χ1v) is 10.2.